The molecule has 2 rings (SSSR count). The third kappa shape index (κ3) is 1.50. The van der Waals surface area contributed by atoms with Gasteiger partial charge < -0.3 is 4.90 Å². The number of nitrogens with zero attached hydrogens (tertiary/aromatic N) is 1. The van der Waals surface area contributed by atoms with Gasteiger partial charge in [0, 0.05) is 13.1 Å². The minimum Gasteiger partial charge on any atom is -0.303 e. The minimum atomic E-state index is 0.101. The van der Waals surface area contributed by atoms with Crippen molar-refractivity contribution >= 4 is 17.7 Å². The van der Waals surface area contributed by atoms with E-state index in [-0.39, 0.29) is 10.8 Å². The lowest BCUT2D eigenvalue weighted by molar-refractivity contribution is -0.129. The Kier molecular flexibility index (Phi) is 2.37. The van der Waals surface area contributed by atoms with Crippen LogP contribution in [0.1, 0.15) is 39.0 Å². The van der Waals surface area contributed by atoms with E-state index in [0.29, 0.717) is 0 Å². The fourth-order valence-electron chi connectivity index (χ4n) is 2.27. The van der Waals surface area contributed by atoms with Crippen molar-refractivity contribution in [1.82, 2.24) is 4.90 Å². The molecule has 3 heteroatoms. The summed E-state index contributed by atoms with van der Waals surface area (Å²) >= 11 is 1.83. The molecule has 1 amide bonds. The highest BCUT2D eigenvalue weighted by atomic mass is 32.2. The van der Waals surface area contributed by atoms with Gasteiger partial charge in [0.05, 0.1) is 4.87 Å². The molecule has 0 aromatic rings. The van der Waals surface area contributed by atoms with Crippen LogP contribution >= 0.6 is 11.8 Å². The van der Waals surface area contributed by atoms with E-state index in [9.17, 15) is 4.79 Å². The van der Waals surface area contributed by atoms with Crippen molar-refractivity contribution in [1.29, 1.82) is 0 Å². The van der Waals surface area contributed by atoms with Crippen molar-refractivity contribution < 1.29 is 4.79 Å². The van der Waals surface area contributed by atoms with Crippen LogP contribution in [0.5, 0.6) is 0 Å². The van der Waals surface area contributed by atoms with E-state index in [1.807, 2.05) is 22.9 Å². The first-order valence-electron chi connectivity index (χ1n) is 4.89. The lowest BCUT2D eigenvalue weighted by Crippen LogP contribution is -2.44. The van der Waals surface area contributed by atoms with Gasteiger partial charge in [-0.3, -0.25) is 4.79 Å². The van der Waals surface area contributed by atoms with Crippen LogP contribution in [-0.4, -0.2) is 15.7 Å². The van der Waals surface area contributed by atoms with Crippen LogP contribution in [0, 0.1) is 0 Å². The standard InChI is InChI=1S/C10H15NOS/c1-9(12)11-7-8-13-10(11)5-3-2-4-6-10/h7-8H,2-6H2,1H3. The van der Waals surface area contributed by atoms with Crippen molar-refractivity contribution in [3.63, 3.8) is 0 Å². The molecule has 2 nitrogen and oxygen atoms in total. The molecule has 72 valence electrons. The minimum absolute atomic E-state index is 0.101. The monoisotopic (exact) mass is 197 g/mol. The molecule has 0 bridgehead atoms. The Labute approximate surface area is 83.4 Å². The molecule has 0 saturated heterocycles. The van der Waals surface area contributed by atoms with Crippen LogP contribution < -0.4 is 0 Å². The van der Waals surface area contributed by atoms with Gasteiger partial charge in [0.25, 0.3) is 0 Å². The second kappa shape index (κ2) is 3.37. The van der Waals surface area contributed by atoms with Crippen LogP contribution in [0.3, 0.4) is 0 Å². The molecule has 2 aliphatic rings. The quantitative estimate of drug-likeness (QED) is 0.595. The Morgan fingerprint density at radius 2 is 2.08 bits per heavy atom. The normalized spacial score (nSPS) is 25.5. The highest BCUT2D eigenvalue weighted by Gasteiger charge is 2.41. The lowest BCUT2D eigenvalue weighted by atomic mass is 9.93. The predicted octanol–water partition coefficient (Wildman–Crippen LogP) is 2.71. The Morgan fingerprint density at radius 3 is 2.69 bits per heavy atom. The molecule has 0 radical (unpaired) electrons. The van der Waals surface area contributed by atoms with E-state index < -0.39 is 0 Å². The summed E-state index contributed by atoms with van der Waals surface area (Å²) < 4.78 is 0. The summed E-state index contributed by atoms with van der Waals surface area (Å²) in [4.78, 5) is 13.4. The van der Waals surface area contributed by atoms with Gasteiger partial charge in [0.2, 0.25) is 5.91 Å². The molecular weight excluding hydrogens is 182 g/mol. The highest BCUT2D eigenvalue weighted by Crippen LogP contribution is 2.47. The number of amides is 1. The van der Waals surface area contributed by atoms with Gasteiger partial charge in [0.15, 0.2) is 0 Å². The van der Waals surface area contributed by atoms with Gasteiger partial charge in [-0.15, -0.1) is 11.8 Å². The maximum Gasteiger partial charge on any atom is 0.224 e. The maximum atomic E-state index is 11.4. The first-order chi connectivity index (χ1) is 6.25. The number of carbonyl (C=O) groups is 1. The van der Waals surface area contributed by atoms with E-state index in [1.165, 1.54) is 19.3 Å². The SMILES string of the molecule is CC(=O)N1C=CSC12CCCCC2. The average molecular weight is 197 g/mol. The van der Waals surface area contributed by atoms with Gasteiger partial charge >= 0.3 is 0 Å². The highest BCUT2D eigenvalue weighted by molar-refractivity contribution is 8.03. The van der Waals surface area contributed by atoms with E-state index in [2.05, 4.69) is 5.41 Å². The zero-order valence-corrected chi connectivity index (χ0v) is 8.77. The topological polar surface area (TPSA) is 20.3 Å². The van der Waals surface area contributed by atoms with Crippen LogP contribution in [-0.2, 0) is 4.79 Å². The maximum absolute atomic E-state index is 11.4. The lowest BCUT2D eigenvalue weighted by Gasteiger charge is -2.39. The van der Waals surface area contributed by atoms with Gasteiger partial charge in [-0.1, -0.05) is 19.3 Å². The van der Waals surface area contributed by atoms with E-state index in [4.69, 9.17) is 0 Å². The molecule has 1 aliphatic carbocycles. The van der Waals surface area contributed by atoms with Crippen molar-refractivity contribution in [2.24, 2.45) is 0 Å². The van der Waals surface area contributed by atoms with E-state index in [1.54, 1.807) is 6.92 Å². The molecule has 1 fully saturated rings. The molecule has 0 N–H and O–H groups in total. The van der Waals surface area contributed by atoms with Gasteiger partial charge in [0.1, 0.15) is 0 Å². The third-order valence-corrected chi connectivity index (χ3v) is 4.21. The second-order valence-electron chi connectivity index (χ2n) is 3.80. The summed E-state index contributed by atoms with van der Waals surface area (Å²) in [6, 6.07) is 0. The van der Waals surface area contributed by atoms with Crippen molar-refractivity contribution in [2.45, 2.75) is 43.9 Å². The molecule has 0 atom stereocenters. The van der Waals surface area contributed by atoms with Crippen LogP contribution in [0.15, 0.2) is 11.6 Å². The molecule has 0 unspecified atom stereocenters. The summed E-state index contributed by atoms with van der Waals surface area (Å²) in [6.45, 7) is 1.66. The summed E-state index contributed by atoms with van der Waals surface area (Å²) in [7, 11) is 0. The number of rotatable bonds is 0. The van der Waals surface area contributed by atoms with Crippen LogP contribution in [0.4, 0.5) is 0 Å². The molecule has 1 heterocycles. The van der Waals surface area contributed by atoms with E-state index in [0.717, 1.165) is 12.8 Å². The summed E-state index contributed by atoms with van der Waals surface area (Å²) in [5.74, 6) is 0.183. The molecule has 1 aliphatic heterocycles. The van der Waals surface area contributed by atoms with Crippen molar-refractivity contribution in [3.8, 4) is 0 Å². The number of hydrogen-bond acceptors (Lipinski definition) is 2. The van der Waals surface area contributed by atoms with Crippen molar-refractivity contribution in [2.75, 3.05) is 0 Å². The molecular formula is C10H15NOS. The first kappa shape index (κ1) is 9.13. The summed E-state index contributed by atoms with van der Waals surface area (Å²) in [5, 5.41) is 2.06. The third-order valence-electron chi connectivity index (χ3n) is 2.91. The van der Waals surface area contributed by atoms with Gasteiger partial charge in [-0.05, 0) is 18.2 Å². The molecule has 13 heavy (non-hydrogen) atoms. The number of carbonyl (C=O) groups excluding carboxylic acids is 1. The molecule has 1 saturated carbocycles. The zero-order chi connectivity index (χ0) is 9.31. The average Bonchev–Trinajstić information content (AvgIpc) is 2.50. The van der Waals surface area contributed by atoms with E-state index >= 15 is 0 Å². The Bertz CT molecular complexity index is 243. The van der Waals surface area contributed by atoms with Crippen LogP contribution in [0.2, 0.25) is 0 Å². The first-order valence-corrected chi connectivity index (χ1v) is 5.77. The zero-order valence-electron chi connectivity index (χ0n) is 7.95. The molecule has 1 spiro atoms. The predicted molar refractivity (Wildman–Crippen MR) is 55.1 cm³/mol. The van der Waals surface area contributed by atoms with Crippen molar-refractivity contribution in [3.05, 3.63) is 11.6 Å². The van der Waals surface area contributed by atoms with Gasteiger partial charge in [-0.2, -0.15) is 0 Å². The second-order valence-corrected chi connectivity index (χ2v) is 5.07. The smallest absolute Gasteiger partial charge is 0.224 e. The van der Waals surface area contributed by atoms with Crippen LogP contribution in [0.25, 0.3) is 0 Å². The Morgan fingerprint density at radius 1 is 1.38 bits per heavy atom. The summed E-state index contributed by atoms with van der Waals surface area (Å²) in [5.41, 5.74) is 0. The largest absolute Gasteiger partial charge is 0.303 e. The fraction of sp³-hybridized carbons (Fsp3) is 0.700. The Balaban J connectivity index is 2.16. The number of hydrogen-bond donors (Lipinski definition) is 0. The molecule has 0 aromatic carbocycles. The fourth-order valence-corrected chi connectivity index (χ4v) is 3.53. The Hall–Kier alpha value is -0.440. The number of thioether (sulfide) groups is 1. The van der Waals surface area contributed by atoms with Gasteiger partial charge in [-0.25, -0.2) is 0 Å². The molecule has 0 aromatic heterocycles. The summed E-state index contributed by atoms with van der Waals surface area (Å²) in [6.07, 6.45) is 8.11.